The van der Waals surface area contributed by atoms with Crippen molar-refractivity contribution < 1.29 is 4.79 Å². The second kappa shape index (κ2) is 6.08. The highest BCUT2D eigenvalue weighted by atomic mass is 79.9. The molecular weight excluding hydrogens is 378 g/mol. The van der Waals surface area contributed by atoms with E-state index < -0.39 is 0 Å². The maximum atomic E-state index is 12.8. The Morgan fingerprint density at radius 2 is 1.76 bits per heavy atom. The highest BCUT2D eigenvalue weighted by Crippen LogP contribution is 2.36. The van der Waals surface area contributed by atoms with Crippen LogP contribution in [-0.2, 0) is 0 Å². The molecule has 1 unspecified atom stereocenters. The van der Waals surface area contributed by atoms with Crippen LogP contribution in [0.5, 0.6) is 0 Å². The van der Waals surface area contributed by atoms with Crippen molar-refractivity contribution in [1.29, 1.82) is 0 Å². The predicted molar refractivity (Wildman–Crippen MR) is 103 cm³/mol. The number of carbonyl (C=O) groups excluding carboxylic acids is 1. The zero-order chi connectivity index (χ0) is 17.6. The third-order valence-corrected chi connectivity index (χ3v) is 5.18. The summed E-state index contributed by atoms with van der Waals surface area (Å²) in [6, 6.07) is 18.0. The molecule has 5 heteroatoms. The van der Waals surface area contributed by atoms with E-state index in [1.807, 2.05) is 56.7 Å². The Labute approximate surface area is 155 Å². The zero-order valence-electron chi connectivity index (χ0n) is 14.1. The molecule has 1 atom stereocenters. The van der Waals surface area contributed by atoms with Crippen molar-refractivity contribution in [3.63, 3.8) is 0 Å². The Hall–Kier alpha value is -2.53. The van der Waals surface area contributed by atoms with Crippen LogP contribution in [0.2, 0.25) is 0 Å². The average Bonchev–Trinajstić information content (AvgIpc) is 3.10. The van der Waals surface area contributed by atoms with Crippen molar-refractivity contribution in [3.8, 4) is 5.69 Å². The number of halogens is 1. The van der Waals surface area contributed by atoms with Gasteiger partial charge < -0.3 is 14.4 Å². The lowest BCUT2D eigenvalue weighted by Crippen LogP contribution is -2.45. The Bertz CT molecular complexity index is 949. The lowest BCUT2D eigenvalue weighted by molar-refractivity contribution is 0.0711. The molecule has 4 rings (SSSR count). The third kappa shape index (κ3) is 2.65. The minimum atomic E-state index is -0.129. The predicted octanol–water partition coefficient (Wildman–Crippen LogP) is 4.46. The molecule has 126 valence electrons. The van der Waals surface area contributed by atoms with Crippen molar-refractivity contribution in [2.24, 2.45) is 0 Å². The van der Waals surface area contributed by atoms with E-state index in [2.05, 4.69) is 49.8 Å². The molecule has 25 heavy (non-hydrogen) atoms. The first-order chi connectivity index (χ1) is 12.1. The summed E-state index contributed by atoms with van der Waals surface area (Å²) in [7, 11) is 3.89. The van der Waals surface area contributed by atoms with Crippen LogP contribution in [0, 0.1) is 0 Å². The minimum Gasteiger partial charge on any atom is -0.350 e. The maximum absolute atomic E-state index is 12.8. The van der Waals surface area contributed by atoms with E-state index in [-0.39, 0.29) is 12.1 Å². The van der Waals surface area contributed by atoms with Crippen molar-refractivity contribution in [3.05, 3.63) is 82.6 Å². The summed E-state index contributed by atoms with van der Waals surface area (Å²) in [5, 5.41) is 0. The van der Waals surface area contributed by atoms with Crippen LogP contribution in [0.25, 0.3) is 5.69 Å². The number of hydrogen-bond donors (Lipinski definition) is 0. The Kier molecular flexibility index (Phi) is 3.88. The smallest absolute Gasteiger partial charge is 0.257 e. The summed E-state index contributed by atoms with van der Waals surface area (Å²) in [5.74, 6) is 0.0499. The lowest BCUT2D eigenvalue weighted by atomic mass is 10.0. The molecule has 4 nitrogen and oxygen atoms in total. The first kappa shape index (κ1) is 16.0. The van der Waals surface area contributed by atoms with Crippen molar-refractivity contribution >= 4 is 27.5 Å². The molecule has 2 aromatic carbocycles. The number of hydrogen-bond acceptors (Lipinski definition) is 2. The van der Waals surface area contributed by atoms with E-state index in [4.69, 9.17) is 0 Å². The van der Waals surface area contributed by atoms with Gasteiger partial charge in [0.2, 0.25) is 0 Å². The van der Waals surface area contributed by atoms with Gasteiger partial charge in [-0.3, -0.25) is 4.79 Å². The molecule has 1 amide bonds. The van der Waals surface area contributed by atoms with Crippen LogP contribution < -0.4 is 4.90 Å². The molecule has 0 aliphatic carbocycles. The van der Waals surface area contributed by atoms with Gasteiger partial charge in [-0.15, -0.1) is 0 Å². The Morgan fingerprint density at radius 1 is 0.960 bits per heavy atom. The summed E-state index contributed by atoms with van der Waals surface area (Å²) in [6.07, 6.45) is 3.99. The summed E-state index contributed by atoms with van der Waals surface area (Å²) in [6.45, 7) is 0. The first-order valence-electron chi connectivity index (χ1n) is 8.09. The molecule has 1 aliphatic heterocycles. The van der Waals surface area contributed by atoms with Gasteiger partial charge in [0.05, 0.1) is 11.3 Å². The van der Waals surface area contributed by atoms with E-state index in [1.165, 1.54) is 0 Å². The minimum absolute atomic E-state index is 0.0499. The molecule has 3 aromatic rings. The highest BCUT2D eigenvalue weighted by molar-refractivity contribution is 9.10. The summed E-state index contributed by atoms with van der Waals surface area (Å²) >= 11 is 3.51. The molecule has 0 saturated heterocycles. The van der Waals surface area contributed by atoms with Gasteiger partial charge in [-0.05, 0) is 36.4 Å². The van der Waals surface area contributed by atoms with E-state index in [9.17, 15) is 4.79 Å². The van der Waals surface area contributed by atoms with Crippen molar-refractivity contribution in [2.75, 3.05) is 19.0 Å². The van der Waals surface area contributed by atoms with Gasteiger partial charge >= 0.3 is 0 Å². The normalized spacial score (nSPS) is 16.9. The second-order valence-electron chi connectivity index (χ2n) is 6.25. The number of para-hydroxylation sites is 1. The largest absolute Gasteiger partial charge is 0.350 e. The SMILES string of the molecule is CN1C(=O)c2ccccc2N(C)C1c1ccn(-c2cccc(Br)c2)c1. The van der Waals surface area contributed by atoms with Gasteiger partial charge in [-0.2, -0.15) is 0 Å². The molecule has 0 radical (unpaired) electrons. The van der Waals surface area contributed by atoms with Gasteiger partial charge in [0, 0.05) is 42.2 Å². The number of rotatable bonds is 2. The number of aromatic nitrogens is 1. The third-order valence-electron chi connectivity index (χ3n) is 4.69. The first-order valence-corrected chi connectivity index (χ1v) is 8.88. The number of fused-ring (bicyclic) bond motifs is 1. The fraction of sp³-hybridized carbons (Fsp3) is 0.150. The summed E-state index contributed by atoms with van der Waals surface area (Å²) in [5.41, 5.74) is 3.86. The number of carbonyl (C=O) groups is 1. The number of benzene rings is 2. The Morgan fingerprint density at radius 3 is 2.56 bits per heavy atom. The quantitative estimate of drug-likeness (QED) is 0.640. The van der Waals surface area contributed by atoms with Crippen LogP contribution in [0.3, 0.4) is 0 Å². The van der Waals surface area contributed by atoms with Crippen LogP contribution in [0.4, 0.5) is 5.69 Å². The average molecular weight is 396 g/mol. The molecule has 1 aliphatic rings. The lowest BCUT2D eigenvalue weighted by Gasteiger charge is -2.41. The fourth-order valence-electron chi connectivity index (χ4n) is 3.46. The molecule has 0 N–H and O–H groups in total. The van der Waals surface area contributed by atoms with Crippen LogP contribution >= 0.6 is 15.9 Å². The van der Waals surface area contributed by atoms with Crippen LogP contribution in [0.15, 0.2) is 71.5 Å². The standard InChI is InChI=1S/C20H18BrN3O/c1-22-18-9-4-3-8-17(18)20(25)23(2)19(22)14-10-11-24(13-14)16-7-5-6-15(21)12-16/h3-13,19H,1-2H3. The van der Waals surface area contributed by atoms with Gasteiger partial charge in [-0.1, -0.05) is 34.1 Å². The van der Waals surface area contributed by atoms with Crippen molar-refractivity contribution in [1.82, 2.24) is 9.47 Å². The number of nitrogens with zero attached hydrogens (tertiary/aromatic N) is 3. The molecule has 1 aromatic heterocycles. The molecule has 2 heterocycles. The molecule has 0 saturated carbocycles. The topological polar surface area (TPSA) is 28.5 Å². The van der Waals surface area contributed by atoms with Gasteiger partial charge in [0.1, 0.15) is 6.17 Å². The monoisotopic (exact) mass is 395 g/mol. The van der Waals surface area contributed by atoms with Gasteiger partial charge in [0.15, 0.2) is 0 Å². The second-order valence-corrected chi connectivity index (χ2v) is 7.17. The van der Waals surface area contributed by atoms with E-state index in [0.717, 1.165) is 27.0 Å². The van der Waals surface area contributed by atoms with Gasteiger partial charge in [-0.25, -0.2) is 0 Å². The molecule has 0 spiro atoms. The van der Waals surface area contributed by atoms with Gasteiger partial charge in [0.25, 0.3) is 5.91 Å². The Balaban J connectivity index is 1.74. The highest BCUT2D eigenvalue weighted by Gasteiger charge is 2.34. The molecule has 0 bridgehead atoms. The van der Waals surface area contributed by atoms with Crippen LogP contribution in [0.1, 0.15) is 22.1 Å². The fourth-order valence-corrected chi connectivity index (χ4v) is 3.85. The molecular formula is C20H18BrN3O. The van der Waals surface area contributed by atoms with E-state index in [0.29, 0.717) is 0 Å². The van der Waals surface area contributed by atoms with Crippen LogP contribution in [-0.4, -0.2) is 29.5 Å². The summed E-state index contributed by atoms with van der Waals surface area (Å²) < 4.78 is 3.11. The van der Waals surface area contributed by atoms with E-state index in [1.54, 1.807) is 4.90 Å². The summed E-state index contributed by atoms with van der Waals surface area (Å²) in [4.78, 5) is 16.7. The number of amides is 1. The number of anilines is 1. The van der Waals surface area contributed by atoms with Crippen molar-refractivity contribution in [2.45, 2.75) is 6.17 Å². The molecule has 0 fully saturated rings. The zero-order valence-corrected chi connectivity index (χ0v) is 15.6. The maximum Gasteiger partial charge on any atom is 0.257 e. The van der Waals surface area contributed by atoms with E-state index >= 15 is 0 Å².